The SMILES string of the molecule is CC(C)(C)c1ccc(-c2cc(-c3ccc(C(C)(C)C)cc3)cc(-c3cc(-c4cc(-c5cc(C(C)(C)C)cc(C(C)(C)C)c5)cc(-c5cc(C(C)(C)C)cc(C(C)(C)C)c5)c4)cc(-c4cccc5c4ccc4cc6c(nc45)SCC6(C)C)c3)c2)cc1. The molecule has 1 aliphatic rings. The summed E-state index contributed by atoms with van der Waals surface area (Å²) in [7, 11) is 0. The molecule has 2 heterocycles. The zero-order valence-corrected chi connectivity index (χ0v) is 55.6. The topological polar surface area (TPSA) is 12.9 Å². The minimum atomic E-state index is -0.0479. The van der Waals surface area contributed by atoms with Gasteiger partial charge < -0.3 is 0 Å². The summed E-state index contributed by atoms with van der Waals surface area (Å²) >= 11 is 1.89. The maximum absolute atomic E-state index is 5.48. The van der Waals surface area contributed by atoms with Crippen LogP contribution in [-0.4, -0.2) is 10.7 Å². The molecule has 2 heteroatoms. The van der Waals surface area contributed by atoms with E-state index in [2.05, 4.69) is 314 Å². The number of thioether (sulfide) groups is 1. The molecule has 0 amide bonds. The number of aromatic nitrogens is 1. The highest BCUT2D eigenvalue weighted by Crippen LogP contribution is 2.47. The minimum absolute atomic E-state index is 0.0444. The van der Waals surface area contributed by atoms with Crippen molar-refractivity contribution in [2.45, 2.75) is 181 Å². The third kappa shape index (κ3) is 12.3. The molecule has 0 saturated carbocycles. The van der Waals surface area contributed by atoms with Gasteiger partial charge in [-0.15, -0.1) is 11.8 Å². The van der Waals surface area contributed by atoms with Crippen molar-refractivity contribution in [3.05, 3.63) is 215 Å². The Hall–Kier alpha value is -7.00. The molecule has 0 saturated heterocycles. The molecule has 0 radical (unpaired) electrons. The third-order valence-corrected chi connectivity index (χ3v) is 19.5. The van der Waals surface area contributed by atoms with Gasteiger partial charge in [-0.1, -0.05) is 254 Å². The largest absolute Gasteiger partial charge is 0.241 e. The molecule has 85 heavy (non-hydrogen) atoms. The Kier molecular flexibility index (Phi) is 14.9. The molecule has 0 atom stereocenters. The third-order valence-electron chi connectivity index (χ3n) is 18.0. The number of hydrogen-bond donors (Lipinski definition) is 0. The van der Waals surface area contributed by atoms with Gasteiger partial charge in [0.2, 0.25) is 0 Å². The maximum atomic E-state index is 5.48. The van der Waals surface area contributed by atoms with E-state index in [9.17, 15) is 0 Å². The van der Waals surface area contributed by atoms with Crippen LogP contribution in [0.3, 0.4) is 0 Å². The van der Waals surface area contributed by atoms with E-state index >= 15 is 0 Å². The van der Waals surface area contributed by atoms with Crippen molar-refractivity contribution in [1.82, 2.24) is 4.98 Å². The van der Waals surface area contributed by atoms with Gasteiger partial charge in [0.25, 0.3) is 0 Å². The van der Waals surface area contributed by atoms with Crippen molar-refractivity contribution >= 4 is 33.4 Å². The molecule has 0 aliphatic carbocycles. The lowest BCUT2D eigenvalue weighted by atomic mass is 9.77. The number of benzene rings is 9. The number of pyridine rings is 1. The Morgan fingerprint density at radius 3 is 0.988 bits per heavy atom. The Morgan fingerprint density at radius 2 is 0.635 bits per heavy atom. The molecule has 1 nitrogen and oxygen atoms in total. The summed E-state index contributed by atoms with van der Waals surface area (Å²) in [5, 5.41) is 4.75. The Balaban J connectivity index is 1.22. The molecular formula is C83H91NS. The summed E-state index contributed by atoms with van der Waals surface area (Å²) in [4.78, 5) is 5.48. The van der Waals surface area contributed by atoms with Gasteiger partial charge in [0.15, 0.2) is 0 Å². The number of nitrogens with zero attached hydrogens (tertiary/aromatic N) is 1. The summed E-state index contributed by atoms with van der Waals surface area (Å²) in [5.41, 5.74) is 27.2. The van der Waals surface area contributed by atoms with Crippen LogP contribution in [0, 0.1) is 0 Å². The number of hydrogen-bond acceptors (Lipinski definition) is 2. The maximum Gasteiger partial charge on any atom is 0.101 e. The Labute approximate surface area is 515 Å². The molecule has 0 spiro atoms. The predicted molar refractivity (Wildman–Crippen MR) is 373 cm³/mol. The predicted octanol–water partition coefficient (Wildman–Crippen LogP) is 24.2. The number of rotatable bonds is 7. The van der Waals surface area contributed by atoms with Crippen molar-refractivity contribution in [2.75, 3.05) is 5.75 Å². The van der Waals surface area contributed by atoms with Crippen LogP contribution in [0.5, 0.6) is 0 Å². The highest BCUT2D eigenvalue weighted by Gasteiger charge is 2.33. The molecule has 0 N–H and O–H groups in total. The quantitative estimate of drug-likeness (QED) is 0.148. The van der Waals surface area contributed by atoms with Gasteiger partial charge in [-0.2, -0.15) is 0 Å². The van der Waals surface area contributed by atoms with E-state index in [1.54, 1.807) is 0 Å². The second-order valence-corrected chi connectivity index (χ2v) is 32.7. The minimum Gasteiger partial charge on any atom is -0.241 e. The first-order chi connectivity index (χ1) is 39.6. The molecule has 9 aromatic carbocycles. The molecule has 0 fully saturated rings. The van der Waals surface area contributed by atoms with Crippen LogP contribution in [0.2, 0.25) is 0 Å². The molecule has 11 rings (SSSR count). The van der Waals surface area contributed by atoms with Gasteiger partial charge in [-0.05, 0) is 215 Å². The van der Waals surface area contributed by atoms with Gasteiger partial charge in [-0.25, -0.2) is 4.98 Å². The highest BCUT2D eigenvalue weighted by molar-refractivity contribution is 7.99. The lowest BCUT2D eigenvalue weighted by molar-refractivity contribution is 0.568. The smallest absolute Gasteiger partial charge is 0.101 e. The normalized spacial score (nSPS) is 14.1. The first kappa shape index (κ1) is 59.7. The van der Waals surface area contributed by atoms with E-state index in [4.69, 9.17) is 4.98 Å². The van der Waals surface area contributed by atoms with E-state index in [0.29, 0.717) is 0 Å². The molecule has 0 unspecified atom stereocenters. The fraction of sp³-hybridized carbons (Fsp3) is 0.337. The monoisotopic (exact) mass is 1130 g/mol. The fourth-order valence-corrected chi connectivity index (χ4v) is 13.5. The van der Waals surface area contributed by atoms with Gasteiger partial charge in [-0.3, -0.25) is 0 Å². The van der Waals surface area contributed by atoms with Gasteiger partial charge in [0.05, 0.1) is 5.52 Å². The first-order valence-electron chi connectivity index (χ1n) is 31.1. The van der Waals surface area contributed by atoms with Crippen molar-refractivity contribution in [3.63, 3.8) is 0 Å². The van der Waals surface area contributed by atoms with Crippen molar-refractivity contribution in [1.29, 1.82) is 0 Å². The molecular weight excluding hydrogens is 1040 g/mol. The summed E-state index contributed by atoms with van der Waals surface area (Å²) < 4.78 is 0. The number of fused-ring (bicyclic) bond motifs is 4. The van der Waals surface area contributed by atoms with Gasteiger partial charge in [0.1, 0.15) is 5.03 Å². The zero-order valence-electron chi connectivity index (χ0n) is 54.8. The lowest BCUT2D eigenvalue weighted by Gasteiger charge is -2.27. The molecule has 10 aromatic rings. The van der Waals surface area contributed by atoms with Crippen LogP contribution in [-0.2, 0) is 37.9 Å². The fourth-order valence-electron chi connectivity index (χ4n) is 12.2. The van der Waals surface area contributed by atoms with E-state index in [1.165, 1.54) is 133 Å². The summed E-state index contributed by atoms with van der Waals surface area (Å²) in [6.45, 7) is 46.6. The van der Waals surface area contributed by atoms with E-state index < -0.39 is 0 Å². The summed E-state index contributed by atoms with van der Waals surface area (Å²) in [5.74, 6) is 1.04. The van der Waals surface area contributed by atoms with E-state index in [0.717, 1.165) is 16.3 Å². The van der Waals surface area contributed by atoms with Gasteiger partial charge >= 0.3 is 0 Å². The van der Waals surface area contributed by atoms with Crippen molar-refractivity contribution in [2.24, 2.45) is 0 Å². The van der Waals surface area contributed by atoms with Crippen LogP contribution in [0.1, 0.15) is 177 Å². The molecule has 1 aliphatic heterocycles. The second-order valence-electron chi connectivity index (χ2n) is 31.7. The van der Waals surface area contributed by atoms with E-state index in [-0.39, 0.29) is 37.9 Å². The van der Waals surface area contributed by atoms with Crippen LogP contribution in [0.15, 0.2) is 181 Å². The lowest BCUT2D eigenvalue weighted by Crippen LogP contribution is -2.16. The molecule has 434 valence electrons. The molecule has 0 bridgehead atoms. The van der Waals surface area contributed by atoms with Crippen LogP contribution >= 0.6 is 11.8 Å². The molecule has 1 aromatic heterocycles. The average molecular weight is 1130 g/mol. The van der Waals surface area contributed by atoms with E-state index in [1.807, 2.05) is 11.8 Å². The highest BCUT2D eigenvalue weighted by atomic mass is 32.2. The average Bonchev–Trinajstić information content (AvgIpc) is 2.10. The zero-order chi connectivity index (χ0) is 61.1. The Morgan fingerprint density at radius 1 is 0.306 bits per heavy atom. The summed E-state index contributed by atoms with van der Waals surface area (Å²) in [6.07, 6.45) is 0. The Bertz CT molecular complexity index is 3980. The van der Waals surface area contributed by atoms with Crippen LogP contribution in [0.25, 0.3) is 99.6 Å². The van der Waals surface area contributed by atoms with Crippen molar-refractivity contribution < 1.29 is 0 Å². The van der Waals surface area contributed by atoms with Crippen LogP contribution < -0.4 is 0 Å². The summed E-state index contributed by atoms with van der Waals surface area (Å²) in [6, 6.07) is 69.4. The van der Waals surface area contributed by atoms with Crippen molar-refractivity contribution in [3.8, 4) is 77.9 Å². The second kappa shape index (κ2) is 21.2. The standard InChI is InChI=1S/C83H91NS/c1-77(2,3)65-29-24-51(25-30-65)54-34-55(52-26-31-66(32-27-52)78(4,5)6)36-56(35-54)60-40-61(42-64(41-60)71-22-21-23-73-72(71)33-28-53-47-74-76(84-75(53)73)85-50-83(74,19)20)57-37-58(62-43-67(79(7,8)9)48-68(44-62)80(10,11)12)39-59(38-57)63-45-69(81(13,14)15)49-70(46-63)82(16,17)18/h21-49H,50H2,1-20H3. The van der Waals surface area contributed by atoms with Crippen LogP contribution in [0.4, 0.5) is 0 Å². The van der Waals surface area contributed by atoms with Gasteiger partial charge in [0, 0.05) is 21.9 Å². The first-order valence-corrected chi connectivity index (χ1v) is 32.1.